The molecule has 26 heavy (non-hydrogen) atoms. The number of aliphatic hydroxyl groups is 1. The van der Waals surface area contributed by atoms with Gasteiger partial charge in [-0.25, -0.2) is 9.97 Å². The van der Waals surface area contributed by atoms with Gasteiger partial charge in [0.25, 0.3) is 0 Å². The molecule has 1 unspecified atom stereocenters. The van der Waals surface area contributed by atoms with E-state index in [0.717, 1.165) is 62.5 Å². The maximum Gasteiger partial charge on any atom is 0.187 e. The summed E-state index contributed by atoms with van der Waals surface area (Å²) in [4.78, 5) is 11.2. The average molecular weight is 372 g/mol. The normalized spacial score (nSPS) is 21.0. The molecule has 1 fully saturated rings. The van der Waals surface area contributed by atoms with Gasteiger partial charge in [-0.1, -0.05) is 42.1 Å². The molecule has 2 heterocycles. The fourth-order valence-electron chi connectivity index (χ4n) is 3.96. The number of aryl methyl sites for hydroxylation is 1. The molecular weight excluding hydrogens is 342 g/mol. The summed E-state index contributed by atoms with van der Waals surface area (Å²) in [6, 6.07) is 10.6. The van der Waals surface area contributed by atoms with E-state index >= 15 is 0 Å². The predicted octanol–water partition coefficient (Wildman–Crippen LogP) is 3.80. The van der Waals surface area contributed by atoms with Crippen molar-refractivity contribution in [3.05, 3.63) is 53.9 Å². The van der Waals surface area contributed by atoms with E-state index in [1.165, 1.54) is 5.56 Å². The first-order valence-electron chi connectivity index (χ1n) is 9.45. The van der Waals surface area contributed by atoms with Gasteiger partial charge in [0.1, 0.15) is 0 Å². The minimum atomic E-state index is 0.0348. The minimum absolute atomic E-state index is 0.0348. The second kappa shape index (κ2) is 9.49. The molecule has 0 spiro atoms. The molecule has 0 aliphatic carbocycles. The van der Waals surface area contributed by atoms with Crippen molar-refractivity contribution in [2.24, 2.45) is 5.41 Å². The number of aliphatic hydroxyl groups excluding tert-OH is 1. The van der Waals surface area contributed by atoms with Crippen LogP contribution in [0.3, 0.4) is 0 Å². The van der Waals surface area contributed by atoms with Crippen LogP contribution < -0.4 is 0 Å². The number of thioether (sulfide) groups is 1. The van der Waals surface area contributed by atoms with E-state index in [-0.39, 0.29) is 12.0 Å². The van der Waals surface area contributed by atoms with Crippen LogP contribution in [-0.4, -0.2) is 45.9 Å². The molecule has 3 rings (SSSR count). The van der Waals surface area contributed by atoms with Gasteiger partial charge in [0.2, 0.25) is 0 Å². The minimum Gasteiger partial charge on any atom is -0.396 e. The lowest BCUT2D eigenvalue weighted by molar-refractivity contribution is 0.0207. The Morgan fingerprint density at radius 1 is 1.15 bits per heavy atom. The van der Waals surface area contributed by atoms with Crippen LogP contribution in [0.5, 0.6) is 0 Å². The first-order valence-corrected chi connectivity index (χ1v) is 10.7. The van der Waals surface area contributed by atoms with Crippen LogP contribution in [0.2, 0.25) is 0 Å². The molecule has 0 saturated carbocycles. The maximum atomic E-state index is 10.1. The van der Waals surface area contributed by atoms with E-state index in [0.29, 0.717) is 0 Å². The zero-order valence-corrected chi connectivity index (χ0v) is 16.4. The lowest BCUT2D eigenvalue weighted by atomic mass is 9.76. The van der Waals surface area contributed by atoms with E-state index in [2.05, 4.69) is 45.2 Å². The Hall–Kier alpha value is -1.43. The van der Waals surface area contributed by atoms with Crippen molar-refractivity contribution < 1.29 is 5.11 Å². The molecule has 0 amide bonds. The van der Waals surface area contributed by atoms with Crippen molar-refractivity contribution in [1.82, 2.24) is 14.9 Å². The Balaban J connectivity index is 1.55. The fourth-order valence-corrected chi connectivity index (χ4v) is 4.27. The van der Waals surface area contributed by atoms with Crippen LogP contribution in [0.25, 0.3) is 0 Å². The van der Waals surface area contributed by atoms with Gasteiger partial charge in [-0.15, -0.1) is 0 Å². The lowest BCUT2D eigenvalue weighted by Crippen LogP contribution is -2.45. The standard InChI is InChI=1S/C21H29N3OS/c1-26-20-22-13-19(14-23-20)15-24-12-6-11-21(16-24,17-25)10-5-9-18-7-3-2-4-8-18/h2-4,7-8,13-14,25H,5-6,9-12,15-17H2,1H3. The number of likely N-dealkylation sites (tertiary alicyclic amines) is 1. The van der Waals surface area contributed by atoms with Gasteiger partial charge in [0, 0.05) is 43.1 Å². The first kappa shape index (κ1) is 19.3. The lowest BCUT2D eigenvalue weighted by Gasteiger charge is -2.42. The van der Waals surface area contributed by atoms with Crippen molar-refractivity contribution in [3.63, 3.8) is 0 Å². The molecule has 5 heteroatoms. The van der Waals surface area contributed by atoms with Gasteiger partial charge < -0.3 is 5.11 Å². The Kier molecular flexibility index (Phi) is 7.06. The van der Waals surface area contributed by atoms with E-state index in [4.69, 9.17) is 0 Å². The highest BCUT2D eigenvalue weighted by molar-refractivity contribution is 7.98. The van der Waals surface area contributed by atoms with Gasteiger partial charge >= 0.3 is 0 Å². The molecule has 4 nitrogen and oxygen atoms in total. The van der Waals surface area contributed by atoms with Crippen LogP contribution in [0.1, 0.15) is 36.8 Å². The zero-order valence-electron chi connectivity index (χ0n) is 15.6. The van der Waals surface area contributed by atoms with E-state index in [1.54, 1.807) is 11.8 Å². The topological polar surface area (TPSA) is 49.2 Å². The summed E-state index contributed by atoms with van der Waals surface area (Å²) in [7, 11) is 0. The molecule has 1 aromatic heterocycles. The number of hydrogen-bond acceptors (Lipinski definition) is 5. The Bertz CT molecular complexity index is 665. The quantitative estimate of drug-likeness (QED) is 0.565. The number of aromatic nitrogens is 2. The SMILES string of the molecule is CSc1ncc(CN2CCCC(CO)(CCCc3ccccc3)C2)cn1. The second-order valence-electron chi connectivity index (χ2n) is 7.39. The second-order valence-corrected chi connectivity index (χ2v) is 8.16. The Morgan fingerprint density at radius 2 is 1.92 bits per heavy atom. The molecule has 1 aromatic carbocycles. The molecule has 1 N–H and O–H groups in total. The van der Waals surface area contributed by atoms with Crippen LogP contribution in [0, 0.1) is 5.41 Å². The van der Waals surface area contributed by atoms with E-state index in [1.807, 2.05) is 18.6 Å². The van der Waals surface area contributed by atoms with E-state index in [9.17, 15) is 5.11 Å². The van der Waals surface area contributed by atoms with Crippen molar-refractivity contribution >= 4 is 11.8 Å². The summed E-state index contributed by atoms with van der Waals surface area (Å²) in [6.45, 7) is 3.20. The van der Waals surface area contributed by atoms with Crippen molar-refractivity contribution in [1.29, 1.82) is 0 Å². The third-order valence-corrected chi connectivity index (χ3v) is 5.94. The van der Waals surface area contributed by atoms with Crippen LogP contribution in [0.4, 0.5) is 0 Å². The largest absolute Gasteiger partial charge is 0.396 e. The molecule has 1 aliphatic heterocycles. The van der Waals surface area contributed by atoms with Crippen molar-refractivity contribution in [2.45, 2.75) is 43.8 Å². The van der Waals surface area contributed by atoms with Crippen LogP contribution >= 0.6 is 11.8 Å². The summed E-state index contributed by atoms with van der Waals surface area (Å²) in [5.74, 6) is 0. The number of rotatable bonds is 8. The highest BCUT2D eigenvalue weighted by atomic mass is 32.2. The predicted molar refractivity (Wildman–Crippen MR) is 107 cm³/mol. The number of nitrogens with zero attached hydrogens (tertiary/aromatic N) is 3. The highest BCUT2D eigenvalue weighted by Crippen LogP contribution is 2.35. The molecule has 140 valence electrons. The van der Waals surface area contributed by atoms with Crippen LogP contribution in [0.15, 0.2) is 47.9 Å². The van der Waals surface area contributed by atoms with Gasteiger partial charge in [-0.2, -0.15) is 0 Å². The summed E-state index contributed by atoms with van der Waals surface area (Å²) in [5.41, 5.74) is 2.58. The monoisotopic (exact) mass is 371 g/mol. The molecule has 0 radical (unpaired) electrons. The molecule has 0 bridgehead atoms. The highest BCUT2D eigenvalue weighted by Gasteiger charge is 2.34. The molecule has 1 saturated heterocycles. The molecule has 1 atom stereocenters. The maximum absolute atomic E-state index is 10.1. The number of benzene rings is 1. The van der Waals surface area contributed by atoms with Gasteiger partial charge in [0.05, 0.1) is 0 Å². The molecule has 1 aliphatic rings. The molecular formula is C21H29N3OS. The Labute approximate surface area is 161 Å². The first-order chi connectivity index (χ1) is 12.7. The number of piperidine rings is 1. The van der Waals surface area contributed by atoms with Gasteiger partial charge in [-0.3, -0.25) is 4.90 Å². The van der Waals surface area contributed by atoms with Gasteiger partial charge in [-0.05, 0) is 50.5 Å². The third kappa shape index (κ3) is 5.29. The smallest absolute Gasteiger partial charge is 0.187 e. The van der Waals surface area contributed by atoms with Crippen molar-refractivity contribution in [3.8, 4) is 0 Å². The fraction of sp³-hybridized carbons (Fsp3) is 0.524. The third-order valence-electron chi connectivity index (χ3n) is 5.36. The summed E-state index contributed by atoms with van der Waals surface area (Å²) >= 11 is 1.57. The van der Waals surface area contributed by atoms with Crippen LogP contribution in [-0.2, 0) is 13.0 Å². The van der Waals surface area contributed by atoms with Gasteiger partial charge in [0.15, 0.2) is 5.16 Å². The van der Waals surface area contributed by atoms with Crippen molar-refractivity contribution in [2.75, 3.05) is 26.0 Å². The average Bonchev–Trinajstić information content (AvgIpc) is 2.70. The zero-order chi connectivity index (χ0) is 18.2. The summed E-state index contributed by atoms with van der Waals surface area (Å²) < 4.78 is 0. The Morgan fingerprint density at radius 3 is 2.62 bits per heavy atom. The summed E-state index contributed by atoms with van der Waals surface area (Å²) in [6.07, 6.45) is 11.4. The van der Waals surface area contributed by atoms with E-state index < -0.39 is 0 Å². The summed E-state index contributed by atoms with van der Waals surface area (Å²) in [5, 5.41) is 11.0. The number of hydrogen-bond donors (Lipinski definition) is 1. The molecule has 2 aromatic rings.